The van der Waals surface area contributed by atoms with Crippen LogP contribution in [-0.2, 0) is 14.3 Å². The molecule has 1 heterocycles. The van der Waals surface area contributed by atoms with E-state index < -0.39 is 18.0 Å². The highest BCUT2D eigenvalue weighted by molar-refractivity contribution is 7.88. The van der Waals surface area contributed by atoms with Crippen molar-refractivity contribution in [2.75, 3.05) is 6.61 Å². The Bertz CT molecular complexity index is 944. The fraction of sp³-hybridized carbons (Fsp3) is 0.857. The molecule has 6 atom stereocenters. The quantitative estimate of drug-likeness (QED) is 0.210. The molecular weight excluding hydrogens is 550 g/mol. The van der Waals surface area contributed by atoms with E-state index in [-0.39, 0.29) is 21.8 Å². The van der Waals surface area contributed by atoms with Crippen LogP contribution >= 0.6 is 42.5 Å². The Balaban J connectivity index is 2.24. The minimum absolute atomic E-state index is 0.103. The lowest BCUT2D eigenvalue weighted by atomic mass is 9.76. The second-order valence-corrected chi connectivity index (χ2v) is 19.0. The van der Waals surface area contributed by atoms with Gasteiger partial charge in [0.25, 0.3) is 10.1 Å². The molecule has 3 rings (SSSR count). The predicted molar refractivity (Wildman–Crippen MR) is 159 cm³/mol. The highest BCUT2D eigenvalue weighted by Gasteiger charge is 2.47. The van der Waals surface area contributed by atoms with Crippen molar-refractivity contribution in [1.29, 1.82) is 0 Å². The lowest BCUT2D eigenvalue weighted by Gasteiger charge is -2.49. The molecule has 0 aliphatic heterocycles. The molecule has 2 fully saturated rings. The third-order valence-corrected chi connectivity index (χ3v) is 15.7. The molecule has 0 bridgehead atoms. The smallest absolute Gasteiger partial charge is 0.266 e. The zero-order valence-electron chi connectivity index (χ0n) is 23.4. The van der Waals surface area contributed by atoms with Crippen LogP contribution in [0, 0.1) is 41.4 Å². The molecule has 6 unspecified atom stereocenters. The van der Waals surface area contributed by atoms with Crippen LogP contribution in [0.2, 0.25) is 8.67 Å². The van der Waals surface area contributed by atoms with E-state index in [0.717, 1.165) is 18.1 Å². The average Bonchev–Trinajstić information content (AvgIpc) is 3.06. The van der Waals surface area contributed by atoms with Crippen molar-refractivity contribution in [1.82, 2.24) is 0 Å². The van der Waals surface area contributed by atoms with E-state index in [2.05, 4.69) is 41.5 Å². The summed E-state index contributed by atoms with van der Waals surface area (Å²) in [6.07, 6.45) is 7.19. The third-order valence-electron chi connectivity index (χ3n) is 8.51. The Hall–Kier alpha value is 0.620. The van der Waals surface area contributed by atoms with Gasteiger partial charge >= 0.3 is 0 Å². The number of halogens is 2. The maximum atomic E-state index is 13.7. The number of hydrogen-bond acceptors (Lipinski definition) is 4. The van der Waals surface area contributed by atoms with E-state index in [1.807, 2.05) is 13.8 Å². The molecule has 8 heteroatoms. The average molecular weight is 598 g/mol. The van der Waals surface area contributed by atoms with Crippen LogP contribution < -0.4 is 5.30 Å². The van der Waals surface area contributed by atoms with Crippen LogP contribution in [0.1, 0.15) is 93.9 Å². The first-order valence-corrected chi connectivity index (χ1v) is 18.4. The molecule has 0 amide bonds. The lowest BCUT2D eigenvalue weighted by molar-refractivity contribution is 0.224. The molecule has 0 aromatic carbocycles. The van der Waals surface area contributed by atoms with Gasteiger partial charge in [0.2, 0.25) is 0 Å². The fourth-order valence-electron chi connectivity index (χ4n) is 6.60. The Morgan fingerprint density at radius 3 is 1.75 bits per heavy atom. The van der Waals surface area contributed by atoms with Gasteiger partial charge in [-0.3, -0.25) is 4.18 Å². The van der Waals surface area contributed by atoms with E-state index in [0.29, 0.717) is 51.2 Å². The second-order valence-electron chi connectivity index (χ2n) is 12.7. The molecule has 2 saturated carbocycles. The summed E-state index contributed by atoms with van der Waals surface area (Å²) >= 11 is 14.9. The van der Waals surface area contributed by atoms with Gasteiger partial charge < -0.3 is 0 Å². The maximum Gasteiger partial charge on any atom is 0.300 e. The number of hydrogen-bond donors (Lipinski definition) is 0. The van der Waals surface area contributed by atoms with Gasteiger partial charge in [-0.1, -0.05) is 99.4 Å². The summed E-state index contributed by atoms with van der Waals surface area (Å²) in [5.74, 6) is 3.62. The van der Waals surface area contributed by atoms with E-state index in [1.54, 1.807) is 0 Å². The normalized spacial score (nSPS) is 30.9. The molecule has 2 aliphatic rings. The van der Waals surface area contributed by atoms with Gasteiger partial charge in [0.15, 0.2) is 0 Å². The predicted octanol–water partition coefficient (Wildman–Crippen LogP) is 9.44. The van der Waals surface area contributed by atoms with Crippen molar-refractivity contribution in [3.05, 3.63) is 8.67 Å². The molecule has 1 aromatic heterocycles. The topological polar surface area (TPSA) is 43.4 Å². The minimum atomic E-state index is -4.01. The number of rotatable bonds is 9. The van der Waals surface area contributed by atoms with Gasteiger partial charge in [-0.2, -0.15) is 8.42 Å². The molecule has 1 aromatic rings. The first-order valence-electron chi connectivity index (χ1n) is 13.9. The lowest BCUT2D eigenvalue weighted by Crippen LogP contribution is -2.41. The molecule has 2 aliphatic carbocycles. The highest BCUT2D eigenvalue weighted by atomic mass is 35.5. The van der Waals surface area contributed by atoms with Gasteiger partial charge in [-0.05, 0) is 78.4 Å². The van der Waals surface area contributed by atoms with E-state index >= 15 is 0 Å². The van der Waals surface area contributed by atoms with Crippen molar-refractivity contribution in [3.8, 4) is 0 Å². The SMILES string of the molecule is CC(C)COS(=O)(=O)c1c(Cl)sc(Cl)c1P(C1CC(C)CCC1C(C)C)C1CC(C)CCC1C(C)C. The molecule has 3 nitrogen and oxygen atoms in total. The molecule has 0 spiro atoms. The largest absolute Gasteiger partial charge is 0.300 e. The third kappa shape index (κ3) is 7.03. The zero-order chi connectivity index (χ0) is 26.9. The van der Waals surface area contributed by atoms with Crippen LogP contribution in [0.3, 0.4) is 0 Å². The van der Waals surface area contributed by atoms with Gasteiger partial charge in [-0.15, -0.1) is 11.3 Å². The minimum Gasteiger partial charge on any atom is -0.266 e. The van der Waals surface area contributed by atoms with Crippen molar-refractivity contribution in [3.63, 3.8) is 0 Å². The Labute approximate surface area is 236 Å². The summed E-state index contributed by atoms with van der Waals surface area (Å²) in [5, 5.41) is 0.833. The van der Waals surface area contributed by atoms with E-state index in [4.69, 9.17) is 27.4 Å². The van der Waals surface area contributed by atoms with E-state index in [9.17, 15) is 8.42 Å². The maximum absolute atomic E-state index is 13.7. The van der Waals surface area contributed by atoms with Crippen molar-refractivity contribution < 1.29 is 12.6 Å². The van der Waals surface area contributed by atoms with Crippen molar-refractivity contribution in [2.24, 2.45) is 41.4 Å². The van der Waals surface area contributed by atoms with Gasteiger partial charge in [0, 0.05) is 5.30 Å². The summed E-state index contributed by atoms with van der Waals surface area (Å²) in [6, 6.07) is 0. The summed E-state index contributed by atoms with van der Waals surface area (Å²) in [6.45, 7) is 18.2. The molecule has 208 valence electrons. The second kappa shape index (κ2) is 12.9. The van der Waals surface area contributed by atoms with Gasteiger partial charge in [0.05, 0.1) is 6.61 Å². The first kappa shape index (κ1) is 31.2. The number of thiophene rings is 1. The molecule has 0 N–H and O–H groups in total. The summed E-state index contributed by atoms with van der Waals surface area (Å²) < 4.78 is 33.8. The molecule has 36 heavy (non-hydrogen) atoms. The van der Waals surface area contributed by atoms with Crippen LogP contribution in [-0.4, -0.2) is 26.3 Å². The van der Waals surface area contributed by atoms with Gasteiger partial charge in [-0.25, -0.2) is 0 Å². The fourth-order valence-corrected chi connectivity index (χ4v) is 16.1. The van der Waals surface area contributed by atoms with Gasteiger partial charge in [0.1, 0.15) is 13.6 Å². The van der Waals surface area contributed by atoms with Crippen LogP contribution in [0.4, 0.5) is 0 Å². The van der Waals surface area contributed by atoms with Crippen molar-refractivity contribution >= 4 is 57.9 Å². The summed E-state index contributed by atoms with van der Waals surface area (Å²) in [4.78, 5) is 0.187. The molecule has 0 radical (unpaired) electrons. The van der Waals surface area contributed by atoms with Crippen molar-refractivity contribution in [2.45, 2.75) is 110 Å². The monoisotopic (exact) mass is 596 g/mol. The Morgan fingerprint density at radius 2 is 1.33 bits per heavy atom. The first-order chi connectivity index (χ1) is 16.7. The van der Waals surface area contributed by atoms with Crippen LogP contribution in [0.15, 0.2) is 4.90 Å². The molecular formula is C28H47Cl2O3PS2. The Kier molecular flexibility index (Phi) is 11.1. The van der Waals surface area contributed by atoms with E-state index in [1.165, 1.54) is 37.0 Å². The zero-order valence-corrected chi connectivity index (χ0v) is 27.4. The Morgan fingerprint density at radius 1 is 0.861 bits per heavy atom. The van der Waals surface area contributed by atoms with Crippen LogP contribution in [0.25, 0.3) is 0 Å². The summed E-state index contributed by atoms with van der Waals surface area (Å²) in [7, 11) is -4.88. The molecule has 0 saturated heterocycles. The highest BCUT2D eigenvalue weighted by Crippen LogP contribution is 2.63. The summed E-state index contributed by atoms with van der Waals surface area (Å²) in [5.41, 5.74) is 0.894. The van der Waals surface area contributed by atoms with Crippen LogP contribution in [0.5, 0.6) is 0 Å². The standard InChI is InChI=1S/C28H47Cl2O3PS2/c1-16(2)15-33-36(31,32)26-25(27(29)35-28(26)30)34(23-13-19(7)9-11-21(23)17(3)4)24-14-20(8)10-12-22(24)18(5)6/h16-24H,9-15H2,1-8H3.